The Morgan fingerprint density at radius 2 is 1.65 bits per heavy atom. The Morgan fingerprint density at radius 3 is 2.00 bits per heavy atom. The molecule has 9 nitrogen and oxygen atoms in total. The van der Waals surface area contributed by atoms with E-state index in [0.717, 1.165) is 0 Å². The van der Waals surface area contributed by atoms with E-state index in [1.807, 2.05) is 5.43 Å². The van der Waals surface area contributed by atoms with Crippen molar-refractivity contribution in [2.75, 3.05) is 12.0 Å². The van der Waals surface area contributed by atoms with E-state index >= 15 is 0 Å². The van der Waals surface area contributed by atoms with Gasteiger partial charge in [0.1, 0.15) is 0 Å². The van der Waals surface area contributed by atoms with Crippen LogP contribution in [0.4, 0.5) is 5.69 Å². The molecular weight excluding hydrogens is 232 g/mol. The van der Waals surface area contributed by atoms with E-state index in [1.165, 1.54) is 12.1 Å². The van der Waals surface area contributed by atoms with Crippen LogP contribution in [0.15, 0.2) is 30.3 Å². The first-order valence-corrected chi connectivity index (χ1v) is 4.54. The molecule has 9 heteroatoms. The van der Waals surface area contributed by atoms with Crippen LogP contribution in [-0.2, 0) is 0 Å². The van der Waals surface area contributed by atoms with Gasteiger partial charge < -0.3 is 5.11 Å². The lowest BCUT2D eigenvalue weighted by atomic mass is 10.3. The van der Waals surface area contributed by atoms with Crippen LogP contribution >= 0.6 is 0 Å². The molecule has 0 fully saturated rings. The summed E-state index contributed by atoms with van der Waals surface area (Å²) in [6, 6.07) is 7.83. The number of nitro groups is 2. The molecule has 1 aromatic rings. The Morgan fingerprint density at radius 1 is 1.24 bits per heavy atom. The zero-order valence-corrected chi connectivity index (χ0v) is 9.02. The van der Waals surface area contributed by atoms with Gasteiger partial charge in [-0.3, -0.25) is 0 Å². The number of benzene rings is 1. The van der Waals surface area contributed by atoms with E-state index in [9.17, 15) is 20.2 Å². The minimum absolute atomic E-state index is 0.250. The van der Waals surface area contributed by atoms with E-state index in [4.69, 9.17) is 5.11 Å². The average Bonchev–Trinajstić information content (AvgIpc) is 2.27. The van der Waals surface area contributed by atoms with Gasteiger partial charge in [-0.1, -0.05) is 18.2 Å². The number of rotatable bonds is 4. The van der Waals surface area contributed by atoms with Gasteiger partial charge in [0.15, 0.2) is 0 Å². The molecule has 0 radical (unpaired) electrons. The van der Waals surface area contributed by atoms with Crippen LogP contribution in [0.25, 0.3) is 0 Å². The first-order valence-electron chi connectivity index (χ1n) is 4.54. The summed E-state index contributed by atoms with van der Waals surface area (Å²) in [6.45, 7) is 1.93. The summed E-state index contributed by atoms with van der Waals surface area (Å²) in [5.41, 5.74) is 2.28. The van der Waals surface area contributed by atoms with Crippen molar-refractivity contribution in [2.24, 2.45) is 0 Å². The lowest BCUT2D eigenvalue weighted by molar-refractivity contribution is -0.900. The molecule has 0 aliphatic rings. The van der Waals surface area contributed by atoms with E-state index in [2.05, 4.69) is 0 Å². The average molecular weight is 244 g/mol. The molecular formula is C8H12N4O5. The van der Waals surface area contributed by atoms with Gasteiger partial charge in [0, 0.05) is 6.61 Å². The van der Waals surface area contributed by atoms with Crippen LogP contribution in [-0.4, -0.2) is 27.0 Å². The number of hydrogen-bond acceptors (Lipinski definition) is 6. The highest BCUT2D eigenvalue weighted by Crippen LogP contribution is 2.06. The van der Waals surface area contributed by atoms with Gasteiger partial charge in [-0.15, -0.1) is 0 Å². The molecule has 0 unspecified atom stereocenters. The molecule has 0 spiro atoms. The van der Waals surface area contributed by atoms with Crippen molar-refractivity contribution < 1.29 is 15.2 Å². The minimum atomic E-state index is -1.16. The molecule has 0 aromatic heterocycles. The normalized spacial score (nSPS) is 8.59. The summed E-state index contributed by atoms with van der Waals surface area (Å²) in [4.78, 5) is 20.3. The third-order valence-corrected chi connectivity index (χ3v) is 1.31. The molecule has 17 heavy (non-hydrogen) atoms. The Hall–Kier alpha value is -2.42. The standard InChI is InChI=1S/C6H6N4O4.C2H6O/c11-9(12)8(10(13)14)7-6-4-2-1-3-5-6;1-2-3/h1-5,7H;3H,2H2,1H3. The van der Waals surface area contributed by atoms with Gasteiger partial charge in [0.05, 0.1) is 5.69 Å². The number of nitrogens with zero attached hydrogens (tertiary/aromatic N) is 3. The van der Waals surface area contributed by atoms with Crippen LogP contribution in [0.3, 0.4) is 0 Å². The van der Waals surface area contributed by atoms with Crippen molar-refractivity contribution in [1.29, 1.82) is 0 Å². The molecule has 1 aromatic carbocycles. The van der Waals surface area contributed by atoms with E-state index in [-0.39, 0.29) is 17.5 Å². The van der Waals surface area contributed by atoms with E-state index < -0.39 is 10.1 Å². The van der Waals surface area contributed by atoms with Gasteiger partial charge in [0.25, 0.3) is 5.23 Å². The lowest BCUT2D eigenvalue weighted by Crippen LogP contribution is -2.40. The quantitative estimate of drug-likeness (QED) is 0.590. The zero-order chi connectivity index (χ0) is 13.3. The smallest absolute Gasteiger partial charge is 0.280 e. The fourth-order valence-corrected chi connectivity index (χ4v) is 0.769. The number of hydrazine groups is 3. The summed E-state index contributed by atoms with van der Waals surface area (Å²) in [7, 11) is 0. The number of nitrogens with one attached hydrogen (secondary N) is 1. The monoisotopic (exact) mass is 244 g/mol. The van der Waals surface area contributed by atoms with Gasteiger partial charge >= 0.3 is 0 Å². The maximum absolute atomic E-state index is 10.2. The second-order valence-electron chi connectivity index (χ2n) is 2.56. The van der Waals surface area contributed by atoms with Crippen molar-refractivity contribution in [3.8, 4) is 0 Å². The van der Waals surface area contributed by atoms with Gasteiger partial charge in [-0.05, 0) is 19.1 Å². The highest BCUT2D eigenvalue weighted by Gasteiger charge is 2.27. The van der Waals surface area contributed by atoms with E-state index in [0.29, 0.717) is 0 Å². The molecule has 2 N–H and O–H groups in total. The highest BCUT2D eigenvalue weighted by atomic mass is 16.8. The molecule has 0 heterocycles. The van der Waals surface area contributed by atoms with Crippen LogP contribution in [0, 0.1) is 20.2 Å². The Balaban J connectivity index is 0.000000770. The fraction of sp³-hybridized carbons (Fsp3) is 0.250. The molecule has 94 valence electrons. The summed E-state index contributed by atoms with van der Waals surface area (Å²) < 4.78 is 0. The van der Waals surface area contributed by atoms with Crippen LogP contribution in [0.1, 0.15) is 6.92 Å². The van der Waals surface area contributed by atoms with E-state index in [1.54, 1.807) is 25.1 Å². The second kappa shape index (κ2) is 7.82. The SMILES string of the molecule is CCO.O=[N+]([O-])N(Nc1ccccc1)[N+](=O)[O-]. The maximum Gasteiger partial charge on any atom is 0.280 e. The summed E-state index contributed by atoms with van der Waals surface area (Å²) >= 11 is 0. The molecule has 0 aliphatic heterocycles. The topological polar surface area (TPSA) is 122 Å². The zero-order valence-electron chi connectivity index (χ0n) is 9.02. The molecule has 0 saturated carbocycles. The second-order valence-corrected chi connectivity index (χ2v) is 2.56. The van der Waals surface area contributed by atoms with Crippen LogP contribution in [0.5, 0.6) is 0 Å². The van der Waals surface area contributed by atoms with Crippen molar-refractivity contribution in [3.05, 3.63) is 50.6 Å². The van der Waals surface area contributed by atoms with Crippen molar-refractivity contribution in [1.82, 2.24) is 5.23 Å². The Labute approximate surface area is 96.5 Å². The maximum atomic E-state index is 10.2. The Bertz CT molecular complexity index is 344. The number of aliphatic hydroxyl groups excluding tert-OH is 1. The number of anilines is 1. The predicted molar refractivity (Wildman–Crippen MR) is 58.7 cm³/mol. The van der Waals surface area contributed by atoms with Crippen LogP contribution < -0.4 is 5.43 Å². The fourth-order valence-electron chi connectivity index (χ4n) is 0.769. The first kappa shape index (κ1) is 14.6. The predicted octanol–water partition coefficient (Wildman–Crippen LogP) is 0.697. The van der Waals surface area contributed by atoms with Crippen molar-refractivity contribution >= 4 is 5.69 Å². The minimum Gasteiger partial charge on any atom is -0.397 e. The Kier molecular flexibility index (Phi) is 6.71. The number of para-hydroxylation sites is 1. The van der Waals surface area contributed by atoms with Crippen molar-refractivity contribution in [2.45, 2.75) is 6.92 Å². The largest absolute Gasteiger partial charge is 0.397 e. The van der Waals surface area contributed by atoms with Gasteiger partial charge in [0.2, 0.25) is 10.1 Å². The van der Waals surface area contributed by atoms with Crippen LogP contribution in [0.2, 0.25) is 0 Å². The van der Waals surface area contributed by atoms with Gasteiger partial charge in [-0.2, -0.15) is 5.43 Å². The highest BCUT2D eigenvalue weighted by molar-refractivity contribution is 5.40. The molecule has 0 saturated heterocycles. The number of aliphatic hydroxyl groups is 1. The summed E-state index contributed by atoms with van der Waals surface area (Å²) in [6.07, 6.45) is 0. The molecule has 0 amide bonds. The third-order valence-electron chi connectivity index (χ3n) is 1.31. The van der Waals surface area contributed by atoms with Gasteiger partial charge in [-0.25, -0.2) is 20.2 Å². The lowest BCUT2D eigenvalue weighted by Gasteiger charge is -2.04. The summed E-state index contributed by atoms with van der Waals surface area (Å²) in [5, 5.41) is 25.3. The third kappa shape index (κ3) is 5.89. The summed E-state index contributed by atoms with van der Waals surface area (Å²) in [5.74, 6) is 0. The molecule has 0 aliphatic carbocycles. The molecule has 0 atom stereocenters. The van der Waals surface area contributed by atoms with Crippen molar-refractivity contribution in [3.63, 3.8) is 0 Å². The molecule has 1 rings (SSSR count). The molecule has 0 bridgehead atoms. The first-order chi connectivity index (χ1) is 8.02. The number of hydrogen-bond donors (Lipinski definition) is 2.